The van der Waals surface area contributed by atoms with Gasteiger partial charge in [-0.15, -0.1) is 0 Å². The topological polar surface area (TPSA) is 43.8 Å². The van der Waals surface area contributed by atoms with Crippen molar-refractivity contribution in [3.8, 4) is 0 Å². The van der Waals surface area contributed by atoms with E-state index >= 15 is 0 Å². The maximum absolute atomic E-state index is 13.6. The van der Waals surface area contributed by atoms with Gasteiger partial charge in [-0.3, -0.25) is 0 Å². The van der Waals surface area contributed by atoms with Crippen molar-refractivity contribution in [3.05, 3.63) is 53.6 Å². The Kier molecular flexibility index (Phi) is 4.27. The van der Waals surface area contributed by atoms with Crippen LogP contribution in [0, 0.1) is 11.6 Å². The predicted octanol–water partition coefficient (Wildman–Crippen LogP) is 2.49. The Bertz CT molecular complexity index is 531. The van der Waals surface area contributed by atoms with Crippen LogP contribution < -0.4 is 5.73 Å². The molecule has 19 heavy (non-hydrogen) atoms. The van der Waals surface area contributed by atoms with Gasteiger partial charge in [-0.05, 0) is 18.6 Å². The minimum absolute atomic E-state index is 0.0286. The van der Waals surface area contributed by atoms with Crippen LogP contribution in [-0.2, 0) is 13.0 Å². The number of rotatable bonds is 5. The summed E-state index contributed by atoms with van der Waals surface area (Å²) in [5.41, 5.74) is 6.83. The molecule has 1 unspecified atom stereocenters. The third-order valence-corrected chi connectivity index (χ3v) is 3.18. The molecule has 0 amide bonds. The van der Waals surface area contributed by atoms with E-state index in [-0.39, 0.29) is 18.2 Å². The van der Waals surface area contributed by atoms with E-state index in [0.717, 1.165) is 12.1 Å². The molecule has 1 atom stereocenters. The van der Waals surface area contributed by atoms with E-state index in [1.807, 2.05) is 6.92 Å². The standard InChI is InChI=1S/C14H17F2N3/c1-2-10(17)6-11-7-18-9-19(11)8-12-13(15)4-3-5-14(12)16/h3-5,7,9-10H,2,6,8,17H2,1H3. The first-order valence-corrected chi connectivity index (χ1v) is 6.29. The van der Waals surface area contributed by atoms with Crippen LogP contribution in [-0.4, -0.2) is 15.6 Å². The summed E-state index contributed by atoms with van der Waals surface area (Å²) in [6.07, 6.45) is 4.75. The van der Waals surface area contributed by atoms with Crippen LogP contribution in [0.15, 0.2) is 30.7 Å². The molecular formula is C14H17F2N3. The fourth-order valence-corrected chi connectivity index (χ4v) is 1.93. The maximum Gasteiger partial charge on any atom is 0.131 e. The zero-order chi connectivity index (χ0) is 13.8. The summed E-state index contributed by atoms with van der Waals surface area (Å²) >= 11 is 0. The molecule has 0 spiro atoms. The van der Waals surface area contributed by atoms with Crippen LogP contribution in [0.1, 0.15) is 24.6 Å². The van der Waals surface area contributed by atoms with Gasteiger partial charge in [-0.2, -0.15) is 0 Å². The van der Waals surface area contributed by atoms with Crippen molar-refractivity contribution in [1.82, 2.24) is 9.55 Å². The van der Waals surface area contributed by atoms with Gasteiger partial charge in [-0.25, -0.2) is 13.8 Å². The van der Waals surface area contributed by atoms with Gasteiger partial charge in [0.15, 0.2) is 0 Å². The second kappa shape index (κ2) is 5.93. The van der Waals surface area contributed by atoms with Crippen LogP contribution in [0.4, 0.5) is 8.78 Å². The van der Waals surface area contributed by atoms with Crippen LogP contribution in [0.25, 0.3) is 0 Å². The lowest BCUT2D eigenvalue weighted by molar-refractivity contribution is 0.536. The zero-order valence-corrected chi connectivity index (χ0v) is 10.8. The third kappa shape index (κ3) is 3.17. The number of imidazole rings is 1. The predicted molar refractivity (Wildman–Crippen MR) is 69.7 cm³/mol. The van der Waals surface area contributed by atoms with E-state index in [1.165, 1.54) is 18.2 Å². The highest BCUT2D eigenvalue weighted by Gasteiger charge is 2.12. The van der Waals surface area contributed by atoms with Gasteiger partial charge < -0.3 is 10.3 Å². The molecule has 2 aromatic rings. The van der Waals surface area contributed by atoms with Crippen molar-refractivity contribution in [3.63, 3.8) is 0 Å². The summed E-state index contributed by atoms with van der Waals surface area (Å²) in [6.45, 7) is 2.13. The van der Waals surface area contributed by atoms with Gasteiger partial charge in [0, 0.05) is 29.9 Å². The summed E-state index contributed by atoms with van der Waals surface area (Å²) in [5.74, 6) is -1.08. The molecule has 0 fully saturated rings. The van der Waals surface area contributed by atoms with Crippen molar-refractivity contribution < 1.29 is 8.78 Å². The highest BCUT2D eigenvalue weighted by Crippen LogP contribution is 2.15. The first-order chi connectivity index (χ1) is 9.11. The van der Waals surface area contributed by atoms with E-state index < -0.39 is 11.6 Å². The Morgan fingerprint density at radius 3 is 2.63 bits per heavy atom. The Morgan fingerprint density at radius 2 is 2.00 bits per heavy atom. The van der Waals surface area contributed by atoms with Crippen molar-refractivity contribution in [2.24, 2.45) is 5.73 Å². The smallest absolute Gasteiger partial charge is 0.131 e. The van der Waals surface area contributed by atoms with E-state index in [9.17, 15) is 8.78 Å². The molecule has 1 aromatic carbocycles. The van der Waals surface area contributed by atoms with Gasteiger partial charge >= 0.3 is 0 Å². The van der Waals surface area contributed by atoms with Gasteiger partial charge in [0.2, 0.25) is 0 Å². The highest BCUT2D eigenvalue weighted by atomic mass is 19.1. The molecule has 5 heteroatoms. The van der Waals surface area contributed by atoms with Crippen LogP contribution in [0.2, 0.25) is 0 Å². The molecule has 0 saturated carbocycles. The van der Waals surface area contributed by atoms with E-state index in [0.29, 0.717) is 6.42 Å². The molecular weight excluding hydrogens is 248 g/mol. The third-order valence-electron chi connectivity index (χ3n) is 3.18. The second-order valence-corrected chi connectivity index (χ2v) is 4.59. The molecule has 0 aliphatic carbocycles. The van der Waals surface area contributed by atoms with Crippen molar-refractivity contribution in [2.45, 2.75) is 32.4 Å². The van der Waals surface area contributed by atoms with Gasteiger partial charge in [0.25, 0.3) is 0 Å². The summed E-state index contributed by atoms with van der Waals surface area (Å²) < 4.78 is 28.9. The fourth-order valence-electron chi connectivity index (χ4n) is 1.93. The van der Waals surface area contributed by atoms with Crippen LogP contribution >= 0.6 is 0 Å². The average Bonchev–Trinajstić information content (AvgIpc) is 2.81. The Balaban J connectivity index is 2.22. The first-order valence-electron chi connectivity index (χ1n) is 6.29. The van der Waals surface area contributed by atoms with E-state index in [1.54, 1.807) is 17.1 Å². The van der Waals surface area contributed by atoms with Gasteiger partial charge in [-0.1, -0.05) is 13.0 Å². The summed E-state index contributed by atoms with van der Waals surface area (Å²) in [5, 5.41) is 0. The quantitative estimate of drug-likeness (QED) is 0.902. The maximum atomic E-state index is 13.6. The Hall–Kier alpha value is -1.75. The van der Waals surface area contributed by atoms with Crippen molar-refractivity contribution in [1.29, 1.82) is 0 Å². The lowest BCUT2D eigenvalue weighted by atomic mass is 10.1. The SMILES string of the molecule is CCC(N)Cc1cncn1Cc1c(F)cccc1F. The van der Waals surface area contributed by atoms with Crippen molar-refractivity contribution in [2.75, 3.05) is 0 Å². The zero-order valence-electron chi connectivity index (χ0n) is 10.8. The summed E-state index contributed by atoms with van der Waals surface area (Å²) in [7, 11) is 0. The molecule has 102 valence electrons. The van der Waals surface area contributed by atoms with Gasteiger partial charge in [0.05, 0.1) is 12.9 Å². The number of aromatic nitrogens is 2. The number of hydrogen-bond acceptors (Lipinski definition) is 2. The molecule has 0 aliphatic rings. The summed E-state index contributed by atoms with van der Waals surface area (Å²) in [4.78, 5) is 4.03. The van der Waals surface area contributed by atoms with Gasteiger partial charge in [0.1, 0.15) is 11.6 Å². The Morgan fingerprint density at radius 1 is 1.32 bits per heavy atom. The Labute approximate surface area is 111 Å². The minimum Gasteiger partial charge on any atom is -0.330 e. The molecule has 2 rings (SSSR count). The molecule has 1 aromatic heterocycles. The number of nitrogens with zero attached hydrogens (tertiary/aromatic N) is 2. The molecule has 2 N–H and O–H groups in total. The van der Waals surface area contributed by atoms with Crippen LogP contribution in [0.3, 0.4) is 0 Å². The van der Waals surface area contributed by atoms with Crippen molar-refractivity contribution >= 4 is 0 Å². The van der Waals surface area contributed by atoms with Crippen LogP contribution in [0.5, 0.6) is 0 Å². The monoisotopic (exact) mass is 265 g/mol. The highest BCUT2D eigenvalue weighted by molar-refractivity contribution is 5.20. The minimum atomic E-state index is -0.542. The largest absolute Gasteiger partial charge is 0.330 e. The molecule has 0 saturated heterocycles. The number of benzene rings is 1. The lowest BCUT2D eigenvalue weighted by Crippen LogP contribution is -2.23. The molecule has 0 bridgehead atoms. The summed E-state index contributed by atoms with van der Waals surface area (Å²) in [6, 6.07) is 3.90. The number of hydrogen-bond donors (Lipinski definition) is 1. The first kappa shape index (κ1) is 13.7. The average molecular weight is 265 g/mol. The van der Waals surface area contributed by atoms with E-state index in [4.69, 9.17) is 5.73 Å². The number of nitrogens with two attached hydrogens (primary N) is 1. The molecule has 1 heterocycles. The fraction of sp³-hybridized carbons (Fsp3) is 0.357. The molecule has 3 nitrogen and oxygen atoms in total. The molecule has 0 aliphatic heterocycles. The van der Waals surface area contributed by atoms with E-state index in [2.05, 4.69) is 4.98 Å². The normalized spacial score (nSPS) is 12.6. The second-order valence-electron chi connectivity index (χ2n) is 4.59. The molecule has 0 radical (unpaired) electrons. The number of halogens is 2. The lowest BCUT2D eigenvalue weighted by Gasteiger charge is -2.12.